The molecule has 10 heteroatoms. The second-order valence-corrected chi connectivity index (χ2v) is 8.24. The van der Waals surface area contributed by atoms with Crippen LogP contribution in [0, 0.1) is 17.0 Å². The summed E-state index contributed by atoms with van der Waals surface area (Å²) in [5, 5.41) is 23.1. The number of methoxy groups -OCH3 is 1. The van der Waals surface area contributed by atoms with Gasteiger partial charge in [0.15, 0.2) is 11.0 Å². The summed E-state index contributed by atoms with van der Waals surface area (Å²) in [5.74, 6) is 1.11. The molecule has 3 aromatic carbocycles. The van der Waals surface area contributed by atoms with Crippen LogP contribution in [0.1, 0.15) is 5.56 Å². The van der Waals surface area contributed by atoms with Crippen LogP contribution < -0.4 is 10.1 Å². The maximum Gasteiger partial charge on any atom is 0.274 e. The number of aryl methyl sites for hydroxylation is 1. The number of anilines is 1. The average Bonchev–Trinajstić information content (AvgIpc) is 3.28. The van der Waals surface area contributed by atoms with Gasteiger partial charge < -0.3 is 10.1 Å². The first-order valence-electron chi connectivity index (χ1n) is 10.3. The lowest BCUT2D eigenvalue weighted by Gasteiger charge is -2.11. The number of thioether (sulfide) groups is 1. The first kappa shape index (κ1) is 23.0. The van der Waals surface area contributed by atoms with Gasteiger partial charge in [-0.25, -0.2) is 0 Å². The molecule has 4 rings (SSSR count). The Bertz CT molecular complexity index is 1320. The highest BCUT2D eigenvalue weighted by Gasteiger charge is 2.18. The van der Waals surface area contributed by atoms with Crippen molar-refractivity contribution >= 4 is 29.0 Å². The maximum atomic E-state index is 12.6. The van der Waals surface area contributed by atoms with E-state index in [0.717, 1.165) is 17.0 Å². The Kier molecular flexibility index (Phi) is 6.88. The van der Waals surface area contributed by atoms with E-state index < -0.39 is 4.92 Å². The van der Waals surface area contributed by atoms with Gasteiger partial charge in [-0.1, -0.05) is 36.0 Å². The second kappa shape index (κ2) is 10.2. The molecular formula is C24H21N5O4S. The van der Waals surface area contributed by atoms with Gasteiger partial charge in [-0.05, 0) is 49.4 Å². The zero-order valence-corrected chi connectivity index (χ0v) is 19.3. The first-order valence-corrected chi connectivity index (χ1v) is 11.3. The number of carbonyl (C=O) groups is 1. The Morgan fingerprint density at radius 3 is 2.50 bits per heavy atom. The van der Waals surface area contributed by atoms with Gasteiger partial charge in [0.25, 0.3) is 5.69 Å². The summed E-state index contributed by atoms with van der Waals surface area (Å²) >= 11 is 1.22. The van der Waals surface area contributed by atoms with Gasteiger partial charge in [0, 0.05) is 28.6 Å². The SMILES string of the molecule is COc1ccc(-c2nnc(SCC(=O)Nc3ccc(C)c([N+](=O)[O-])c3)n2-c2ccccc2)cc1. The Morgan fingerprint density at radius 2 is 1.82 bits per heavy atom. The van der Waals surface area contributed by atoms with Crippen molar-refractivity contribution in [1.29, 1.82) is 0 Å². The van der Waals surface area contributed by atoms with Crippen LogP contribution in [0.3, 0.4) is 0 Å². The van der Waals surface area contributed by atoms with E-state index >= 15 is 0 Å². The molecular weight excluding hydrogens is 454 g/mol. The largest absolute Gasteiger partial charge is 0.497 e. The highest BCUT2D eigenvalue weighted by Crippen LogP contribution is 2.29. The Balaban J connectivity index is 1.56. The van der Waals surface area contributed by atoms with Crippen LogP contribution in [0.5, 0.6) is 5.75 Å². The van der Waals surface area contributed by atoms with Gasteiger partial charge in [0.05, 0.1) is 17.8 Å². The zero-order valence-electron chi connectivity index (χ0n) is 18.5. The fourth-order valence-corrected chi connectivity index (χ4v) is 4.06. The van der Waals surface area contributed by atoms with Gasteiger partial charge in [0.2, 0.25) is 5.91 Å². The topological polar surface area (TPSA) is 112 Å². The van der Waals surface area contributed by atoms with Gasteiger partial charge in [-0.2, -0.15) is 0 Å². The van der Waals surface area contributed by atoms with E-state index in [2.05, 4.69) is 15.5 Å². The first-order chi connectivity index (χ1) is 16.5. The van der Waals surface area contributed by atoms with Gasteiger partial charge in [-0.15, -0.1) is 10.2 Å². The van der Waals surface area contributed by atoms with Crippen LogP contribution in [-0.4, -0.2) is 38.5 Å². The van der Waals surface area contributed by atoms with Crippen LogP contribution in [0.15, 0.2) is 78.0 Å². The molecule has 0 aliphatic carbocycles. The van der Waals surface area contributed by atoms with Crippen molar-refractivity contribution in [3.63, 3.8) is 0 Å². The lowest BCUT2D eigenvalue weighted by atomic mass is 10.2. The zero-order chi connectivity index (χ0) is 24.1. The predicted octanol–water partition coefficient (Wildman–Crippen LogP) is 4.89. The number of nitrogens with zero attached hydrogens (tertiary/aromatic N) is 4. The standard InChI is InChI=1S/C24H21N5O4S/c1-16-8-11-18(14-21(16)29(31)32)25-22(30)15-34-24-27-26-23(17-9-12-20(33-2)13-10-17)28(24)19-6-4-3-5-7-19/h3-14H,15H2,1-2H3,(H,25,30). The summed E-state index contributed by atoms with van der Waals surface area (Å²) in [5.41, 5.74) is 2.56. The molecule has 172 valence electrons. The van der Waals surface area contributed by atoms with Crippen LogP contribution in [0.25, 0.3) is 17.1 Å². The van der Waals surface area contributed by atoms with E-state index in [9.17, 15) is 14.9 Å². The molecule has 1 aromatic heterocycles. The highest BCUT2D eigenvalue weighted by atomic mass is 32.2. The molecule has 0 unspecified atom stereocenters. The molecule has 1 N–H and O–H groups in total. The molecule has 1 amide bonds. The molecule has 0 saturated carbocycles. The van der Waals surface area contributed by atoms with Crippen LogP contribution in [0.2, 0.25) is 0 Å². The normalized spacial score (nSPS) is 10.6. The molecule has 9 nitrogen and oxygen atoms in total. The molecule has 0 atom stereocenters. The number of nitro groups is 1. The van der Waals surface area contributed by atoms with Crippen molar-refractivity contribution in [2.75, 3.05) is 18.2 Å². The van der Waals surface area contributed by atoms with Gasteiger partial charge in [-0.3, -0.25) is 19.5 Å². The van der Waals surface area contributed by atoms with E-state index in [0.29, 0.717) is 22.2 Å². The second-order valence-electron chi connectivity index (χ2n) is 7.30. The molecule has 0 fully saturated rings. The fraction of sp³-hybridized carbons (Fsp3) is 0.125. The third kappa shape index (κ3) is 5.07. The van der Waals surface area contributed by atoms with Crippen LogP contribution in [-0.2, 0) is 4.79 Å². The van der Waals surface area contributed by atoms with Crippen molar-refractivity contribution in [3.8, 4) is 22.8 Å². The molecule has 0 aliphatic rings. The maximum absolute atomic E-state index is 12.6. The Morgan fingerprint density at radius 1 is 1.09 bits per heavy atom. The van der Waals surface area contributed by atoms with Crippen molar-refractivity contribution in [2.45, 2.75) is 12.1 Å². The molecule has 4 aromatic rings. The smallest absolute Gasteiger partial charge is 0.274 e. The Labute approximate surface area is 199 Å². The van der Waals surface area contributed by atoms with Crippen molar-refractivity contribution < 1.29 is 14.5 Å². The van der Waals surface area contributed by atoms with Gasteiger partial charge in [0.1, 0.15) is 5.75 Å². The number of ether oxygens (including phenoxy) is 1. The lowest BCUT2D eigenvalue weighted by Crippen LogP contribution is -2.14. The molecule has 0 spiro atoms. The highest BCUT2D eigenvalue weighted by molar-refractivity contribution is 7.99. The number of rotatable bonds is 8. The van der Waals surface area contributed by atoms with Crippen molar-refractivity contribution in [3.05, 3.63) is 88.5 Å². The summed E-state index contributed by atoms with van der Waals surface area (Å²) in [7, 11) is 1.61. The number of hydrogen-bond acceptors (Lipinski definition) is 7. The number of para-hydroxylation sites is 1. The monoisotopic (exact) mass is 475 g/mol. The Hall–Kier alpha value is -4.18. The molecule has 0 bridgehead atoms. The van der Waals surface area contributed by atoms with Gasteiger partial charge >= 0.3 is 0 Å². The number of hydrogen-bond donors (Lipinski definition) is 1. The average molecular weight is 476 g/mol. The summed E-state index contributed by atoms with van der Waals surface area (Å²) in [6.45, 7) is 1.65. The minimum Gasteiger partial charge on any atom is -0.497 e. The molecule has 0 saturated heterocycles. The number of carbonyl (C=O) groups excluding carboxylic acids is 1. The number of amides is 1. The van der Waals surface area contributed by atoms with E-state index in [-0.39, 0.29) is 17.3 Å². The van der Waals surface area contributed by atoms with E-state index in [4.69, 9.17) is 4.74 Å². The lowest BCUT2D eigenvalue weighted by molar-refractivity contribution is -0.385. The summed E-state index contributed by atoms with van der Waals surface area (Å²) < 4.78 is 7.12. The number of benzene rings is 3. The number of aromatic nitrogens is 3. The molecule has 1 heterocycles. The van der Waals surface area contributed by atoms with E-state index in [1.165, 1.54) is 17.8 Å². The third-order valence-electron chi connectivity index (χ3n) is 5.02. The summed E-state index contributed by atoms with van der Waals surface area (Å²) in [4.78, 5) is 23.3. The van der Waals surface area contributed by atoms with Crippen LogP contribution in [0.4, 0.5) is 11.4 Å². The predicted molar refractivity (Wildman–Crippen MR) is 131 cm³/mol. The minimum absolute atomic E-state index is 0.0431. The number of nitrogens with one attached hydrogen (secondary N) is 1. The quantitative estimate of drug-likeness (QED) is 0.219. The van der Waals surface area contributed by atoms with E-state index in [1.807, 2.05) is 59.2 Å². The number of nitro benzene ring substituents is 1. The summed E-state index contributed by atoms with van der Waals surface area (Å²) in [6.07, 6.45) is 0. The third-order valence-corrected chi connectivity index (χ3v) is 5.95. The minimum atomic E-state index is -0.469. The molecule has 0 aliphatic heterocycles. The van der Waals surface area contributed by atoms with Crippen LogP contribution >= 0.6 is 11.8 Å². The molecule has 34 heavy (non-hydrogen) atoms. The summed E-state index contributed by atoms with van der Waals surface area (Å²) in [6, 6.07) is 21.7. The molecule has 0 radical (unpaired) electrons. The van der Waals surface area contributed by atoms with E-state index in [1.54, 1.807) is 26.2 Å². The fourth-order valence-electron chi connectivity index (χ4n) is 3.31. The van der Waals surface area contributed by atoms with Crippen molar-refractivity contribution in [2.24, 2.45) is 0 Å². The van der Waals surface area contributed by atoms with Crippen molar-refractivity contribution in [1.82, 2.24) is 14.8 Å².